The van der Waals surface area contributed by atoms with Crippen LogP contribution in [0.3, 0.4) is 0 Å². The molecule has 24 heavy (non-hydrogen) atoms. The first kappa shape index (κ1) is 23.2. The van der Waals surface area contributed by atoms with Crippen LogP contribution in [-0.2, 0) is 9.84 Å². The molecule has 0 bridgehead atoms. The lowest BCUT2D eigenvalue weighted by molar-refractivity contribution is 0.543. The van der Waals surface area contributed by atoms with Crippen LogP contribution in [0.15, 0.2) is 29.3 Å². The first-order valence-corrected chi connectivity index (χ1v) is 9.66. The molecule has 1 rings (SSSR count). The molecule has 0 fully saturated rings. The topological polar surface area (TPSA) is 70.6 Å². The minimum atomic E-state index is -3.13. The van der Waals surface area contributed by atoms with E-state index in [4.69, 9.17) is 0 Å². The van der Waals surface area contributed by atoms with E-state index in [1.807, 2.05) is 0 Å². The number of hydrogen-bond acceptors (Lipinski definition) is 3. The maximum Gasteiger partial charge on any atom is 0.191 e. The Balaban J connectivity index is 0.00000529. The molecule has 0 aliphatic heterocycles. The molecule has 138 valence electrons. The normalized spacial score (nSPS) is 13.8. The van der Waals surface area contributed by atoms with Gasteiger partial charge in [-0.15, -0.1) is 24.0 Å². The van der Waals surface area contributed by atoms with E-state index in [2.05, 4.69) is 53.7 Å². The standard InChI is InChI=1S/C17H29N3O2S.HI/c1-13-7-9-15(10-8-13)14(2)11-19-16(18-5)20-12-17(3,4)23(6,21)22;/h7-10,14H,11-12H2,1-6H3,(H2,18,19,20);1H. The molecule has 1 aromatic carbocycles. The van der Waals surface area contributed by atoms with Crippen LogP contribution in [0.5, 0.6) is 0 Å². The van der Waals surface area contributed by atoms with E-state index < -0.39 is 14.6 Å². The van der Waals surface area contributed by atoms with Gasteiger partial charge in [-0.25, -0.2) is 8.42 Å². The molecule has 1 aromatic rings. The molecule has 7 heteroatoms. The lowest BCUT2D eigenvalue weighted by Crippen LogP contribution is -2.48. The van der Waals surface area contributed by atoms with Crippen molar-refractivity contribution in [2.45, 2.75) is 38.4 Å². The largest absolute Gasteiger partial charge is 0.356 e. The first-order chi connectivity index (χ1) is 10.6. The van der Waals surface area contributed by atoms with Crippen molar-refractivity contribution >= 4 is 39.8 Å². The summed E-state index contributed by atoms with van der Waals surface area (Å²) in [6.45, 7) is 8.66. The number of hydrogen-bond donors (Lipinski definition) is 2. The highest BCUT2D eigenvalue weighted by atomic mass is 127. The fourth-order valence-electron chi connectivity index (χ4n) is 1.91. The Hall–Kier alpha value is -0.830. The van der Waals surface area contributed by atoms with Crippen molar-refractivity contribution in [1.82, 2.24) is 10.6 Å². The van der Waals surface area contributed by atoms with Gasteiger partial charge < -0.3 is 10.6 Å². The molecular weight excluding hydrogens is 437 g/mol. The van der Waals surface area contributed by atoms with Crippen LogP contribution in [0.25, 0.3) is 0 Å². The summed E-state index contributed by atoms with van der Waals surface area (Å²) in [7, 11) is -1.45. The lowest BCUT2D eigenvalue weighted by Gasteiger charge is -2.24. The predicted molar refractivity (Wildman–Crippen MR) is 113 cm³/mol. The molecule has 2 N–H and O–H groups in total. The van der Waals surface area contributed by atoms with Crippen molar-refractivity contribution in [3.63, 3.8) is 0 Å². The van der Waals surface area contributed by atoms with E-state index in [1.165, 1.54) is 17.4 Å². The van der Waals surface area contributed by atoms with Gasteiger partial charge in [0.05, 0.1) is 4.75 Å². The van der Waals surface area contributed by atoms with E-state index in [0.717, 1.165) is 6.54 Å². The van der Waals surface area contributed by atoms with E-state index >= 15 is 0 Å². The molecule has 5 nitrogen and oxygen atoms in total. The van der Waals surface area contributed by atoms with Gasteiger partial charge in [-0.2, -0.15) is 0 Å². The number of nitrogens with zero attached hydrogens (tertiary/aromatic N) is 1. The van der Waals surface area contributed by atoms with Crippen molar-refractivity contribution in [1.29, 1.82) is 0 Å². The number of benzene rings is 1. The summed E-state index contributed by atoms with van der Waals surface area (Å²) in [5, 5.41) is 6.34. The Morgan fingerprint density at radius 1 is 1.21 bits per heavy atom. The summed E-state index contributed by atoms with van der Waals surface area (Å²) in [6, 6.07) is 8.47. The summed E-state index contributed by atoms with van der Waals surface area (Å²) in [5.74, 6) is 0.942. The van der Waals surface area contributed by atoms with Gasteiger partial charge in [0.2, 0.25) is 0 Å². The second-order valence-electron chi connectivity index (χ2n) is 6.65. The SMILES string of the molecule is CN=C(NCC(C)c1ccc(C)cc1)NCC(C)(C)S(C)(=O)=O.I. The van der Waals surface area contributed by atoms with E-state index in [-0.39, 0.29) is 24.0 Å². The second kappa shape index (κ2) is 9.60. The summed E-state index contributed by atoms with van der Waals surface area (Å²) < 4.78 is 22.6. The van der Waals surface area contributed by atoms with Crippen LogP contribution in [0.2, 0.25) is 0 Å². The number of sulfone groups is 1. The molecule has 0 amide bonds. The van der Waals surface area contributed by atoms with Crippen LogP contribution in [0.1, 0.15) is 37.8 Å². The monoisotopic (exact) mass is 467 g/mol. The minimum Gasteiger partial charge on any atom is -0.356 e. The van der Waals surface area contributed by atoms with Gasteiger partial charge in [-0.05, 0) is 32.3 Å². The summed E-state index contributed by atoms with van der Waals surface area (Å²) in [5.41, 5.74) is 2.50. The molecule has 0 radical (unpaired) electrons. The van der Waals surface area contributed by atoms with Gasteiger partial charge in [0.15, 0.2) is 15.8 Å². The predicted octanol–water partition coefficient (Wildman–Crippen LogP) is 2.70. The highest BCUT2D eigenvalue weighted by molar-refractivity contribution is 14.0. The van der Waals surface area contributed by atoms with Crippen molar-refractivity contribution in [2.24, 2.45) is 4.99 Å². The molecule has 1 unspecified atom stereocenters. The number of rotatable bonds is 6. The fourth-order valence-corrected chi connectivity index (χ4v) is 2.25. The van der Waals surface area contributed by atoms with Gasteiger partial charge in [0.1, 0.15) is 0 Å². The Labute approximate surface area is 163 Å². The van der Waals surface area contributed by atoms with Crippen LogP contribution < -0.4 is 10.6 Å². The zero-order valence-corrected chi connectivity index (χ0v) is 18.5. The third-order valence-electron chi connectivity index (χ3n) is 4.13. The molecule has 0 heterocycles. The zero-order chi connectivity index (χ0) is 17.7. The Kier molecular flexibility index (Phi) is 9.27. The smallest absolute Gasteiger partial charge is 0.191 e. The summed E-state index contributed by atoms with van der Waals surface area (Å²) >= 11 is 0. The van der Waals surface area contributed by atoms with E-state index in [0.29, 0.717) is 18.4 Å². The molecule has 0 spiro atoms. The van der Waals surface area contributed by atoms with Gasteiger partial charge >= 0.3 is 0 Å². The van der Waals surface area contributed by atoms with E-state index in [9.17, 15) is 8.42 Å². The maximum absolute atomic E-state index is 11.7. The molecule has 0 saturated carbocycles. The first-order valence-electron chi connectivity index (χ1n) is 7.77. The number of halogens is 1. The molecule has 1 atom stereocenters. The van der Waals surface area contributed by atoms with Crippen LogP contribution in [0, 0.1) is 6.92 Å². The molecule has 0 aromatic heterocycles. The highest BCUT2D eigenvalue weighted by Gasteiger charge is 2.30. The maximum atomic E-state index is 11.7. The average Bonchev–Trinajstić information content (AvgIpc) is 2.46. The van der Waals surface area contributed by atoms with Crippen LogP contribution in [0.4, 0.5) is 0 Å². The zero-order valence-electron chi connectivity index (χ0n) is 15.4. The number of nitrogens with one attached hydrogen (secondary N) is 2. The van der Waals surface area contributed by atoms with Gasteiger partial charge in [-0.1, -0.05) is 36.8 Å². The van der Waals surface area contributed by atoms with Gasteiger partial charge in [-0.3, -0.25) is 4.99 Å². The number of aliphatic imine (C=N–C) groups is 1. The van der Waals surface area contributed by atoms with Crippen molar-refractivity contribution in [2.75, 3.05) is 26.4 Å². The molecule has 0 aliphatic carbocycles. The average molecular weight is 467 g/mol. The summed E-state index contributed by atoms with van der Waals surface area (Å²) in [4.78, 5) is 4.15. The minimum absolute atomic E-state index is 0. The number of aryl methyl sites for hydroxylation is 1. The molecule has 0 saturated heterocycles. The van der Waals surface area contributed by atoms with Gasteiger partial charge in [0, 0.05) is 26.4 Å². The highest BCUT2D eigenvalue weighted by Crippen LogP contribution is 2.15. The fraction of sp³-hybridized carbons (Fsp3) is 0.588. The molecular formula is C17H30IN3O2S. The van der Waals surface area contributed by atoms with Crippen molar-refractivity contribution in [3.8, 4) is 0 Å². The van der Waals surface area contributed by atoms with Crippen LogP contribution >= 0.6 is 24.0 Å². The molecule has 0 aliphatic rings. The Morgan fingerprint density at radius 2 is 1.75 bits per heavy atom. The van der Waals surface area contributed by atoms with Crippen molar-refractivity contribution < 1.29 is 8.42 Å². The van der Waals surface area contributed by atoms with E-state index in [1.54, 1.807) is 20.9 Å². The Morgan fingerprint density at radius 3 is 2.21 bits per heavy atom. The second-order valence-corrected chi connectivity index (χ2v) is 9.30. The number of guanidine groups is 1. The van der Waals surface area contributed by atoms with Gasteiger partial charge in [0.25, 0.3) is 0 Å². The van der Waals surface area contributed by atoms with Crippen molar-refractivity contribution in [3.05, 3.63) is 35.4 Å². The Bertz CT molecular complexity index is 640. The third-order valence-corrected chi connectivity index (χ3v) is 6.28. The third kappa shape index (κ3) is 6.96. The quantitative estimate of drug-likeness (QED) is 0.384. The summed E-state index contributed by atoms with van der Waals surface area (Å²) in [6.07, 6.45) is 1.25. The lowest BCUT2D eigenvalue weighted by atomic mass is 10.0. The van der Waals surface area contributed by atoms with Crippen LogP contribution in [-0.4, -0.2) is 45.5 Å².